The van der Waals surface area contributed by atoms with Crippen molar-refractivity contribution in [2.75, 3.05) is 20.2 Å². The van der Waals surface area contributed by atoms with E-state index in [-0.39, 0.29) is 18.0 Å². The van der Waals surface area contributed by atoms with Crippen LogP contribution in [0.15, 0.2) is 24.3 Å². The molecule has 1 saturated heterocycles. The molecular weight excluding hydrogens is 218 g/mol. The van der Waals surface area contributed by atoms with Gasteiger partial charge in [-0.25, -0.2) is 4.79 Å². The molecule has 0 radical (unpaired) electrons. The minimum absolute atomic E-state index is 0.156. The first-order chi connectivity index (χ1) is 8.22. The van der Waals surface area contributed by atoms with Crippen molar-refractivity contribution in [3.8, 4) is 0 Å². The number of β-amino-alcohol motifs (C(OH)–C–C–N with tert-alkyl or cyclic N) is 1. The van der Waals surface area contributed by atoms with Gasteiger partial charge in [0.15, 0.2) is 0 Å². The van der Waals surface area contributed by atoms with Gasteiger partial charge in [0.1, 0.15) is 0 Å². The Hall–Kier alpha value is -1.39. The van der Waals surface area contributed by atoms with Crippen LogP contribution in [0.25, 0.3) is 0 Å². The third-order valence-electron chi connectivity index (χ3n) is 3.21. The topological polar surface area (TPSA) is 58.6 Å². The van der Waals surface area contributed by atoms with Crippen LogP contribution in [0.3, 0.4) is 0 Å². The fourth-order valence-corrected chi connectivity index (χ4v) is 2.22. The van der Waals surface area contributed by atoms with Gasteiger partial charge in [-0.2, -0.15) is 0 Å². The van der Waals surface area contributed by atoms with Gasteiger partial charge >= 0.3 is 5.97 Å². The van der Waals surface area contributed by atoms with E-state index in [1.54, 1.807) is 12.1 Å². The Morgan fingerprint density at radius 3 is 2.71 bits per heavy atom. The Bertz CT molecular complexity index is 388. The quantitative estimate of drug-likeness (QED) is 0.748. The largest absolute Gasteiger partial charge is 0.465 e. The van der Waals surface area contributed by atoms with Crippen LogP contribution in [0.5, 0.6) is 0 Å². The Kier molecular flexibility index (Phi) is 3.76. The van der Waals surface area contributed by atoms with Crippen molar-refractivity contribution in [3.05, 3.63) is 35.4 Å². The molecule has 1 aromatic carbocycles. The molecule has 2 rings (SSSR count). The molecule has 1 aromatic rings. The standard InChI is InChI=1S/C13H17NO3/c1-17-13(16)10-4-2-9(3-5-10)11-6-7-14-8-12(11)15/h2-5,11-12,14-15H,6-8H2,1H3. The Morgan fingerprint density at radius 1 is 1.41 bits per heavy atom. The van der Waals surface area contributed by atoms with Gasteiger partial charge in [-0.1, -0.05) is 12.1 Å². The molecule has 2 atom stereocenters. The highest BCUT2D eigenvalue weighted by Crippen LogP contribution is 2.25. The van der Waals surface area contributed by atoms with Crippen LogP contribution in [0.2, 0.25) is 0 Å². The second-order valence-electron chi connectivity index (χ2n) is 4.28. The molecule has 0 saturated carbocycles. The summed E-state index contributed by atoms with van der Waals surface area (Å²) >= 11 is 0. The number of rotatable bonds is 2. The smallest absolute Gasteiger partial charge is 0.337 e. The van der Waals surface area contributed by atoms with E-state index in [1.165, 1.54) is 7.11 Å². The van der Waals surface area contributed by atoms with E-state index in [0.29, 0.717) is 12.1 Å². The molecule has 17 heavy (non-hydrogen) atoms. The normalized spacial score (nSPS) is 24.4. The first-order valence-corrected chi connectivity index (χ1v) is 5.79. The molecule has 2 unspecified atom stereocenters. The number of carbonyl (C=O) groups is 1. The lowest BCUT2D eigenvalue weighted by Crippen LogP contribution is -2.39. The summed E-state index contributed by atoms with van der Waals surface area (Å²) in [7, 11) is 1.37. The Morgan fingerprint density at radius 2 is 2.12 bits per heavy atom. The second-order valence-corrected chi connectivity index (χ2v) is 4.28. The molecule has 0 aromatic heterocycles. The van der Waals surface area contributed by atoms with Crippen LogP contribution in [0, 0.1) is 0 Å². The van der Waals surface area contributed by atoms with Crippen LogP contribution >= 0.6 is 0 Å². The lowest BCUT2D eigenvalue weighted by Gasteiger charge is -2.28. The van der Waals surface area contributed by atoms with Crippen molar-refractivity contribution < 1.29 is 14.6 Å². The van der Waals surface area contributed by atoms with Gasteiger partial charge in [-0.05, 0) is 30.7 Å². The van der Waals surface area contributed by atoms with Crippen LogP contribution in [-0.4, -0.2) is 37.4 Å². The van der Waals surface area contributed by atoms with Gasteiger partial charge in [0, 0.05) is 12.5 Å². The number of esters is 1. The number of ether oxygens (including phenoxy) is 1. The van der Waals surface area contributed by atoms with Crippen LogP contribution in [0.1, 0.15) is 28.3 Å². The number of aliphatic hydroxyl groups is 1. The van der Waals surface area contributed by atoms with E-state index in [2.05, 4.69) is 10.1 Å². The van der Waals surface area contributed by atoms with E-state index in [4.69, 9.17) is 0 Å². The summed E-state index contributed by atoms with van der Waals surface area (Å²) in [4.78, 5) is 11.3. The minimum Gasteiger partial charge on any atom is -0.465 e. The zero-order chi connectivity index (χ0) is 12.3. The number of nitrogens with one attached hydrogen (secondary N) is 1. The lowest BCUT2D eigenvalue weighted by atomic mass is 9.87. The number of hydrogen-bond donors (Lipinski definition) is 2. The molecule has 1 fully saturated rings. The summed E-state index contributed by atoms with van der Waals surface area (Å²) in [5, 5.41) is 13.0. The maximum atomic E-state index is 11.3. The maximum absolute atomic E-state index is 11.3. The molecule has 4 nitrogen and oxygen atoms in total. The maximum Gasteiger partial charge on any atom is 0.337 e. The van der Waals surface area contributed by atoms with Gasteiger partial charge in [-0.3, -0.25) is 0 Å². The molecule has 1 aliphatic rings. The highest BCUT2D eigenvalue weighted by atomic mass is 16.5. The van der Waals surface area contributed by atoms with E-state index in [0.717, 1.165) is 18.5 Å². The van der Waals surface area contributed by atoms with E-state index < -0.39 is 0 Å². The van der Waals surface area contributed by atoms with Crippen molar-refractivity contribution in [3.63, 3.8) is 0 Å². The van der Waals surface area contributed by atoms with E-state index >= 15 is 0 Å². The molecule has 0 aliphatic carbocycles. The first-order valence-electron chi connectivity index (χ1n) is 5.79. The fraction of sp³-hybridized carbons (Fsp3) is 0.462. The van der Waals surface area contributed by atoms with Crippen LogP contribution < -0.4 is 5.32 Å². The summed E-state index contributed by atoms with van der Waals surface area (Å²) in [5.74, 6) is -0.176. The number of benzene rings is 1. The van der Waals surface area contributed by atoms with E-state index in [1.807, 2.05) is 12.1 Å². The van der Waals surface area contributed by atoms with Crippen molar-refractivity contribution in [1.82, 2.24) is 5.32 Å². The third-order valence-corrected chi connectivity index (χ3v) is 3.21. The number of piperidine rings is 1. The average molecular weight is 235 g/mol. The summed E-state index contributed by atoms with van der Waals surface area (Å²) < 4.78 is 4.64. The Balaban J connectivity index is 2.14. The third kappa shape index (κ3) is 2.65. The SMILES string of the molecule is COC(=O)c1ccc(C2CCNCC2O)cc1. The molecule has 0 amide bonds. The predicted molar refractivity (Wildman–Crippen MR) is 64.0 cm³/mol. The number of methoxy groups -OCH3 is 1. The number of carbonyl (C=O) groups excluding carboxylic acids is 1. The zero-order valence-corrected chi connectivity index (χ0v) is 9.85. The van der Waals surface area contributed by atoms with Crippen molar-refractivity contribution >= 4 is 5.97 Å². The van der Waals surface area contributed by atoms with Gasteiger partial charge < -0.3 is 15.2 Å². The highest BCUT2D eigenvalue weighted by molar-refractivity contribution is 5.89. The van der Waals surface area contributed by atoms with E-state index in [9.17, 15) is 9.90 Å². The van der Waals surface area contributed by atoms with Gasteiger partial charge in [0.25, 0.3) is 0 Å². The van der Waals surface area contributed by atoms with Crippen molar-refractivity contribution in [2.45, 2.75) is 18.4 Å². The van der Waals surface area contributed by atoms with Crippen molar-refractivity contribution in [2.24, 2.45) is 0 Å². The second kappa shape index (κ2) is 5.29. The molecule has 4 heteroatoms. The van der Waals surface area contributed by atoms with Crippen molar-refractivity contribution in [1.29, 1.82) is 0 Å². The minimum atomic E-state index is -0.354. The van der Waals surface area contributed by atoms with Crippen LogP contribution in [0.4, 0.5) is 0 Å². The first kappa shape index (κ1) is 12.1. The lowest BCUT2D eigenvalue weighted by molar-refractivity contribution is 0.0600. The number of hydrogen-bond acceptors (Lipinski definition) is 4. The summed E-state index contributed by atoms with van der Waals surface area (Å²) in [6.45, 7) is 1.55. The summed E-state index contributed by atoms with van der Waals surface area (Å²) in [6, 6.07) is 7.28. The molecule has 1 aliphatic heterocycles. The fourth-order valence-electron chi connectivity index (χ4n) is 2.22. The molecule has 2 N–H and O–H groups in total. The Labute approximate surface area is 101 Å². The summed E-state index contributed by atoms with van der Waals surface area (Å²) in [5.41, 5.74) is 1.62. The predicted octanol–water partition coefficient (Wildman–Crippen LogP) is 0.911. The van der Waals surface area contributed by atoms with Gasteiger partial charge in [0.05, 0.1) is 18.8 Å². The molecule has 0 spiro atoms. The molecule has 92 valence electrons. The summed E-state index contributed by atoms with van der Waals surface area (Å²) in [6.07, 6.45) is 0.561. The molecule has 0 bridgehead atoms. The van der Waals surface area contributed by atoms with Gasteiger partial charge in [0.2, 0.25) is 0 Å². The highest BCUT2D eigenvalue weighted by Gasteiger charge is 2.24. The van der Waals surface area contributed by atoms with Crippen LogP contribution in [-0.2, 0) is 4.74 Å². The number of aliphatic hydroxyl groups excluding tert-OH is 1. The monoisotopic (exact) mass is 235 g/mol. The van der Waals surface area contributed by atoms with Gasteiger partial charge in [-0.15, -0.1) is 0 Å². The molecular formula is C13H17NO3. The average Bonchev–Trinajstić information content (AvgIpc) is 2.39. The zero-order valence-electron chi connectivity index (χ0n) is 9.85. The molecule has 1 heterocycles.